The summed E-state index contributed by atoms with van der Waals surface area (Å²) in [6.45, 7) is 0. The Morgan fingerprint density at radius 3 is 2.47 bits per heavy atom. The molecule has 100 valence electrons. The molecular formula is C10H19NO4Se2. The monoisotopic (exact) mass is 377 g/mol. The number of nitrogens with one attached hydrogen (secondary N) is 1. The Balaban J connectivity index is 4.31. The van der Waals surface area contributed by atoms with Crippen LogP contribution in [0.25, 0.3) is 0 Å². The SMILES string of the molecule is COC(=O)[C@H](CC[Se]C)NC(=O)[C@@H](O)C[Se]C. The van der Waals surface area contributed by atoms with Gasteiger partial charge in [0.05, 0.1) is 0 Å². The Hall–Kier alpha value is -0.0610. The Morgan fingerprint density at radius 2 is 2.00 bits per heavy atom. The average Bonchev–Trinajstić information content (AvgIpc) is 2.33. The molecule has 1 amide bonds. The maximum atomic E-state index is 11.6. The molecule has 5 nitrogen and oxygen atoms in total. The third-order valence-electron chi connectivity index (χ3n) is 2.04. The van der Waals surface area contributed by atoms with Gasteiger partial charge < -0.3 is 0 Å². The van der Waals surface area contributed by atoms with Crippen LogP contribution >= 0.6 is 0 Å². The summed E-state index contributed by atoms with van der Waals surface area (Å²) in [6.07, 6.45) is -0.446. The fourth-order valence-corrected chi connectivity index (χ4v) is 3.10. The van der Waals surface area contributed by atoms with Gasteiger partial charge in [0.25, 0.3) is 0 Å². The van der Waals surface area contributed by atoms with Crippen LogP contribution in [0.4, 0.5) is 0 Å². The molecule has 0 radical (unpaired) electrons. The Labute approximate surface area is 114 Å². The van der Waals surface area contributed by atoms with E-state index >= 15 is 0 Å². The van der Waals surface area contributed by atoms with Gasteiger partial charge in [-0.2, -0.15) is 0 Å². The van der Waals surface area contributed by atoms with E-state index in [9.17, 15) is 14.7 Å². The van der Waals surface area contributed by atoms with Gasteiger partial charge in [0.15, 0.2) is 0 Å². The molecule has 2 atom stereocenters. The minimum atomic E-state index is -1.01. The zero-order valence-electron chi connectivity index (χ0n) is 10.3. The van der Waals surface area contributed by atoms with E-state index in [1.807, 2.05) is 5.82 Å². The first-order valence-corrected chi connectivity index (χ1v) is 11.0. The van der Waals surface area contributed by atoms with E-state index in [4.69, 9.17) is 0 Å². The Morgan fingerprint density at radius 1 is 1.35 bits per heavy atom. The summed E-state index contributed by atoms with van der Waals surface area (Å²) in [5.41, 5.74) is 0. The molecule has 0 aromatic heterocycles. The number of ether oxygens (including phenoxy) is 1. The van der Waals surface area contributed by atoms with E-state index < -0.39 is 24.0 Å². The summed E-state index contributed by atoms with van der Waals surface area (Å²) >= 11 is 0.673. The molecule has 0 unspecified atom stereocenters. The van der Waals surface area contributed by atoms with Crippen LogP contribution in [0.3, 0.4) is 0 Å². The van der Waals surface area contributed by atoms with Crippen molar-refractivity contribution in [3.05, 3.63) is 0 Å². The van der Waals surface area contributed by atoms with Crippen molar-refractivity contribution in [3.63, 3.8) is 0 Å². The molecule has 0 aliphatic carbocycles. The minimum absolute atomic E-state index is 0.226. The van der Waals surface area contributed by atoms with Crippen LogP contribution in [-0.2, 0) is 14.3 Å². The maximum absolute atomic E-state index is 11.6. The number of aliphatic hydroxyl groups excluding tert-OH is 1. The van der Waals surface area contributed by atoms with Crippen LogP contribution in [-0.4, -0.2) is 66.2 Å². The molecule has 0 aliphatic rings. The van der Waals surface area contributed by atoms with Crippen molar-refractivity contribution >= 4 is 41.8 Å². The van der Waals surface area contributed by atoms with E-state index in [0.29, 0.717) is 26.7 Å². The third-order valence-corrected chi connectivity index (χ3v) is 4.75. The number of rotatable bonds is 8. The van der Waals surface area contributed by atoms with Crippen molar-refractivity contribution in [2.75, 3.05) is 7.11 Å². The predicted octanol–water partition coefficient (Wildman–Crippen LogP) is -0.264. The van der Waals surface area contributed by atoms with Gasteiger partial charge in [0, 0.05) is 0 Å². The third kappa shape index (κ3) is 7.06. The number of amides is 1. The predicted molar refractivity (Wildman–Crippen MR) is 67.4 cm³/mol. The van der Waals surface area contributed by atoms with Gasteiger partial charge >= 0.3 is 114 Å². The molecular weight excluding hydrogens is 356 g/mol. The first-order valence-electron chi connectivity index (χ1n) is 5.11. The van der Waals surface area contributed by atoms with Crippen molar-refractivity contribution in [1.82, 2.24) is 5.32 Å². The van der Waals surface area contributed by atoms with Gasteiger partial charge in [-0.15, -0.1) is 0 Å². The number of hydrogen-bond acceptors (Lipinski definition) is 4. The van der Waals surface area contributed by atoms with Gasteiger partial charge in [-0.05, 0) is 0 Å². The Kier molecular flexibility index (Phi) is 9.88. The van der Waals surface area contributed by atoms with Gasteiger partial charge in [-0.25, -0.2) is 0 Å². The number of carbonyl (C=O) groups is 2. The van der Waals surface area contributed by atoms with Crippen LogP contribution in [0, 0.1) is 0 Å². The van der Waals surface area contributed by atoms with Crippen LogP contribution in [0.1, 0.15) is 6.42 Å². The molecule has 0 rings (SSSR count). The molecule has 0 aromatic rings. The van der Waals surface area contributed by atoms with Crippen molar-refractivity contribution < 1.29 is 19.4 Å². The molecule has 0 aromatic carbocycles. The number of aliphatic hydroxyl groups is 1. The summed E-state index contributed by atoms with van der Waals surface area (Å²) < 4.78 is 4.63. The van der Waals surface area contributed by atoms with Gasteiger partial charge in [-0.1, -0.05) is 0 Å². The van der Waals surface area contributed by atoms with Gasteiger partial charge in [0.2, 0.25) is 0 Å². The van der Waals surface area contributed by atoms with Crippen molar-refractivity contribution in [2.45, 2.75) is 40.8 Å². The number of hydrogen-bond donors (Lipinski definition) is 2. The molecule has 0 saturated heterocycles. The second kappa shape index (κ2) is 9.92. The molecule has 2 N–H and O–H groups in total. The molecule has 0 saturated carbocycles. The molecule has 0 fully saturated rings. The molecule has 0 heterocycles. The van der Waals surface area contributed by atoms with Crippen molar-refractivity contribution in [1.29, 1.82) is 0 Å². The zero-order chi connectivity index (χ0) is 13.3. The van der Waals surface area contributed by atoms with Crippen LogP contribution in [0.15, 0.2) is 0 Å². The van der Waals surface area contributed by atoms with Crippen LogP contribution in [0.5, 0.6) is 0 Å². The summed E-state index contributed by atoms with van der Waals surface area (Å²) in [7, 11) is 1.30. The summed E-state index contributed by atoms with van der Waals surface area (Å²) in [5, 5.41) is 13.4. The summed E-state index contributed by atoms with van der Waals surface area (Å²) in [5.74, 6) is 3.09. The molecule has 7 heteroatoms. The molecule has 17 heavy (non-hydrogen) atoms. The quantitative estimate of drug-likeness (QED) is 0.453. The van der Waals surface area contributed by atoms with Crippen LogP contribution in [0.2, 0.25) is 22.3 Å². The number of methoxy groups -OCH3 is 1. The van der Waals surface area contributed by atoms with Gasteiger partial charge in [-0.3, -0.25) is 0 Å². The molecule has 0 spiro atoms. The number of esters is 1. The fraction of sp³-hybridized carbons (Fsp3) is 0.800. The standard InChI is InChI=1S/C10H19NO4Se2/c1-15-10(14)7(4-5-16-2)11-9(13)8(12)6-17-3/h7-8,12H,4-6H2,1-3H3,(H,11,13)/t7-,8-/m0/s1. The summed E-state index contributed by atoms with van der Waals surface area (Å²) in [4.78, 5) is 23.0. The first-order chi connectivity index (χ1) is 8.06. The van der Waals surface area contributed by atoms with E-state index in [1.165, 1.54) is 7.11 Å². The van der Waals surface area contributed by atoms with Crippen LogP contribution < -0.4 is 5.32 Å². The second-order valence-corrected chi connectivity index (χ2v) is 7.32. The average molecular weight is 375 g/mol. The molecule has 0 bridgehead atoms. The van der Waals surface area contributed by atoms with E-state index in [2.05, 4.69) is 15.9 Å². The van der Waals surface area contributed by atoms with Crippen molar-refractivity contribution in [2.24, 2.45) is 0 Å². The van der Waals surface area contributed by atoms with E-state index in [1.54, 1.807) is 0 Å². The summed E-state index contributed by atoms with van der Waals surface area (Å²) in [6, 6.07) is -0.631. The van der Waals surface area contributed by atoms with Crippen molar-refractivity contribution in [3.8, 4) is 0 Å². The topological polar surface area (TPSA) is 75.6 Å². The fourth-order valence-electron chi connectivity index (χ4n) is 1.13. The van der Waals surface area contributed by atoms with E-state index in [0.717, 1.165) is 5.32 Å². The number of carbonyl (C=O) groups excluding carboxylic acids is 2. The first kappa shape index (κ1) is 16.9. The zero-order valence-corrected chi connectivity index (χ0v) is 13.7. The van der Waals surface area contributed by atoms with Gasteiger partial charge in [0.1, 0.15) is 0 Å². The molecule has 0 aliphatic heterocycles. The normalized spacial score (nSPS) is 13.9. The van der Waals surface area contributed by atoms with E-state index in [-0.39, 0.29) is 15.0 Å². The Bertz CT molecular complexity index is 250. The second-order valence-electron chi connectivity index (χ2n) is 3.34.